The Hall–Kier alpha value is -1.84. The molecule has 0 saturated carbocycles. The van der Waals surface area contributed by atoms with Crippen molar-refractivity contribution >= 4 is 0 Å². The van der Waals surface area contributed by atoms with Crippen LogP contribution in [0.25, 0.3) is 11.1 Å². The molecule has 1 aliphatic rings. The predicted octanol–water partition coefficient (Wildman–Crippen LogP) is 3.83. The fourth-order valence-electron chi connectivity index (χ4n) is 3.23. The summed E-state index contributed by atoms with van der Waals surface area (Å²) in [5.41, 5.74) is 2.20. The minimum atomic E-state index is -0.456. The van der Waals surface area contributed by atoms with E-state index in [2.05, 4.69) is 30.0 Å². The van der Waals surface area contributed by atoms with Crippen molar-refractivity contribution in [1.82, 2.24) is 4.90 Å². The van der Waals surface area contributed by atoms with Crippen LogP contribution in [0.1, 0.15) is 19.8 Å². The molecule has 1 fully saturated rings. The van der Waals surface area contributed by atoms with E-state index in [1.54, 1.807) is 0 Å². The fraction of sp³-hybridized carbons (Fsp3) is 0.429. The standard InChI is InChI=1S/C21H27NO2/c1-17-11-13-22(14-12-17)15-19(23)16-24-21-10-6-5-9-20(21)18-7-3-2-4-8-18/h2-10,17,19,23H,11-16H2,1H3/t19-/m0/s1. The fourth-order valence-corrected chi connectivity index (χ4v) is 3.23. The molecular weight excluding hydrogens is 298 g/mol. The lowest BCUT2D eigenvalue weighted by molar-refractivity contribution is 0.0565. The van der Waals surface area contributed by atoms with Gasteiger partial charge in [-0.15, -0.1) is 0 Å². The third-order valence-electron chi connectivity index (χ3n) is 4.75. The maximum Gasteiger partial charge on any atom is 0.127 e. The van der Waals surface area contributed by atoms with Crippen LogP contribution in [0.15, 0.2) is 54.6 Å². The quantitative estimate of drug-likeness (QED) is 0.876. The Labute approximate surface area is 144 Å². The largest absolute Gasteiger partial charge is 0.490 e. The SMILES string of the molecule is CC1CCN(C[C@H](O)COc2ccccc2-c2ccccc2)CC1. The van der Waals surface area contributed by atoms with Gasteiger partial charge >= 0.3 is 0 Å². The van der Waals surface area contributed by atoms with Crippen molar-refractivity contribution in [2.45, 2.75) is 25.9 Å². The third kappa shape index (κ3) is 4.59. The van der Waals surface area contributed by atoms with Crippen LogP contribution in [0.5, 0.6) is 5.75 Å². The van der Waals surface area contributed by atoms with E-state index in [-0.39, 0.29) is 0 Å². The van der Waals surface area contributed by atoms with Crippen molar-refractivity contribution < 1.29 is 9.84 Å². The molecule has 1 saturated heterocycles. The molecule has 128 valence electrons. The van der Waals surface area contributed by atoms with Crippen molar-refractivity contribution in [3.05, 3.63) is 54.6 Å². The van der Waals surface area contributed by atoms with E-state index in [1.165, 1.54) is 12.8 Å². The van der Waals surface area contributed by atoms with E-state index in [1.807, 2.05) is 36.4 Å². The highest BCUT2D eigenvalue weighted by Gasteiger charge is 2.18. The predicted molar refractivity (Wildman–Crippen MR) is 98.2 cm³/mol. The number of likely N-dealkylation sites (tertiary alicyclic amines) is 1. The minimum Gasteiger partial charge on any atom is -0.490 e. The molecule has 1 N–H and O–H groups in total. The highest BCUT2D eigenvalue weighted by molar-refractivity contribution is 5.70. The number of piperidine rings is 1. The van der Waals surface area contributed by atoms with Gasteiger partial charge in [-0.25, -0.2) is 0 Å². The minimum absolute atomic E-state index is 0.329. The number of hydrogen-bond acceptors (Lipinski definition) is 3. The number of aliphatic hydroxyl groups is 1. The van der Waals surface area contributed by atoms with E-state index in [0.717, 1.165) is 35.9 Å². The molecule has 0 spiro atoms. The van der Waals surface area contributed by atoms with Gasteiger partial charge in [0, 0.05) is 12.1 Å². The highest BCUT2D eigenvalue weighted by atomic mass is 16.5. The van der Waals surface area contributed by atoms with Crippen LogP contribution in [0.2, 0.25) is 0 Å². The smallest absolute Gasteiger partial charge is 0.127 e. The van der Waals surface area contributed by atoms with Gasteiger partial charge in [-0.2, -0.15) is 0 Å². The van der Waals surface area contributed by atoms with E-state index >= 15 is 0 Å². The maximum absolute atomic E-state index is 10.3. The Bertz CT molecular complexity index is 621. The van der Waals surface area contributed by atoms with Gasteiger partial charge in [0.1, 0.15) is 18.5 Å². The van der Waals surface area contributed by atoms with Crippen LogP contribution in [0.4, 0.5) is 0 Å². The van der Waals surface area contributed by atoms with Crippen LogP contribution in [-0.4, -0.2) is 42.4 Å². The Balaban J connectivity index is 1.57. The Morgan fingerprint density at radius 1 is 1.04 bits per heavy atom. The van der Waals surface area contributed by atoms with Gasteiger partial charge in [-0.3, -0.25) is 0 Å². The van der Waals surface area contributed by atoms with E-state index < -0.39 is 6.10 Å². The van der Waals surface area contributed by atoms with Crippen molar-refractivity contribution in [2.75, 3.05) is 26.2 Å². The van der Waals surface area contributed by atoms with Crippen LogP contribution < -0.4 is 4.74 Å². The first kappa shape index (κ1) is 17.0. The first-order valence-corrected chi connectivity index (χ1v) is 8.90. The van der Waals surface area contributed by atoms with Crippen molar-refractivity contribution in [3.63, 3.8) is 0 Å². The number of para-hydroxylation sites is 1. The summed E-state index contributed by atoms with van der Waals surface area (Å²) in [6.45, 7) is 5.49. The lowest BCUT2D eigenvalue weighted by Gasteiger charge is -2.31. The lowest BCUT2D eigenvalue weighted by Crippen LogP contribution is -2.40. The van der Waals surface area contributed by atoms with E-state index in [4.69, 9.17) is 4.74 Å². The van der Waals surface area contributed by atoms with Crippen molar-refractivity contribution in [2.24, 2.45) is 5.92 Å². The second-order valence-corrected chi connectivity index (χ2v) is 6.81. The molecule has 3 heteroatoms. The summed E-state index contributed by atoms with van der Waals surface area (Å²) in [5, 5.41) is 10.3. The molecule has 2 aromatic rings. The molecule has 0 aromatic heterocycles. The Morgan fingerprint density at radius 2 is 1.71 bits per heavy atom. The number of benzene rings is 2. The molecule has 0 bridgehead atoms. The Morgan fingerprint density at radius 3 is 2.46 bits per heavy atom. The molecule has 1 atom stereocenters. The van der Waals surface area contributed by atoms with Gasteiger partial charge in [-0.1, -0.05) is 55.5 Å². The average Bonchev–Trinajstić information content (AvgIpc) is 2.63. The van der Waals surface area contributed by atoms with E-state index in [0.29, 0.717) is 13.2 Å². The molecular formula is C21H27NO2. The summed E-state index contributed by atoms with van der Waals surface area (Å²) >= 11 is 0. The van der Waals surface area contributed by atoms with Crippen molar-refractivity contribution in [1.29, 1.82) is 0 Å². The third-order valence-corrected chi connectivity index (χ3v) is 4.75. The van der Waals surface area contributed by atoms with Crippen LogP contribution >= 0.6 is 0 Å². The molecule has 3 rings (SSSR count). The van der Waals surface area contributed by atoms with Gasteiger partial charge in [0.05, 0.1) is 0 Å². The summed E-state index contributed by atoms with van der Waals surface area (Å²) in [7, 11) is 0. The summed E-state index contributed by atoms with van der Waals surface area (Å²) in [6, 6.07) is 18.2. The van der Waals surface area contributed by atoms with Gasteiger partial charge < -0.3 is 14.7 Å². The maximum atomic E-state index is 10.3. The van der Waals surface area contributed by atoms with Gasteiger partial charge in [-0.05, 0) is 43.5 Å². The molecule has 0 amide bonds. The molecule has 0 aliphatic carbocycles. The number of β-amino-alcohol motifs (C(OH)–C–C–N with tert-alkyl or cyclic N) is 1. The Kier molecular flexibility index (Phi) is 5.89. The molecule has 0 unspecified atom stereocenters. The van der Waals surface area contributed by atoms with Crippen LogP contribution in [0.3, 0.4) is 0 Å². The zero-order valence-corrected chi connectivity index (χ0v) is 14.4. The molecule has 3 nitrogen and oxygen atoms in total. The molecule has 1 heterocycles. The number of hydrogen-bond donors (Lipinski definition) is 1. The number of ether oxygens (including phenoxy) is 1. The zero-order valence-electron chi connectivity index (χ0n) is 14.4. The molecule has 1 aliphatic heterocycles. The number of nitrogens with zero attached hydrogens (tertiary/aromatic N) is 1. The number of rotatable bonds is 6. The van der Waals surface area contributed by atoms with Crippen molar-refractivity contribution in [3.8, 4) is 16.9 Å². The normalized spacial score (nSPS) is 17.6. The average molecular weight is 325 g/mol. The monoisotopic (exact) mass is 325 g/mol. The first-order chi connectivity index (χ1) is 11.7. The second kappa shape index (κ2) is 8.32. The molecule has 24 heavy (non-hydrogen) atoms. The highest BCUT2D eigenvalue weighted by Crippen LogP contribution is 2.29. The second-order valence-electron chi connectivity index (χ2n) is 6.81. The van der Waals surface area contributed by atoms with Crippen LogP contribution in [0, 0.1) is 5.92 Å². The summed E-state index contributed by atoms with van der Waals surface area (Å²) in [5.74, 6) is 1.64. The van der Waals surface area contributed by atoms with Gasteiger partial charge in [0.15, 0.2) is 0 Å². The summed E-state index contributed by atoms with van der Waals surface area (Å²) < 4.78 is 5.94. The molecule has 2 aromatic carbocycles. The topological polar surface area (TPSA) is 32.7 Å². The number of aliphatic hydroxyl groups excluding tert-OH is 1. The summed E-state index contributed by atoms with van der Waals surface area (Å²) in [4.78, 5) is 2.34. The van der Waals surface area contributed by atoms with E-state index in [9.17, 15) is 5.11 Å². The zero-order chi connectivity index (χ0) is 16.8. The first-order valence-electron chi connectivity index (χ1n) is 8.90. The summed E-state index contributed by atoms with van der Waals surface area (Å²) in [6.07, 6.45) is 2.00. The lowest BCUT2D eigenvalue weighted by atomic mass is 9.99. The molecule has 0 radical (unpaired) electrons. The van der Waals surface area contributed by atoms with Gasteiger partial charge in [0.25, 0.3) is 0 Å². The van der Waals surface area contributed by atoms with Crippen LogP contribution in [-0.2, 0) is 0 Å². The van der Waals surface area contributed by atoms with Gasteiger partial charge in [0.2, 0.25) is 0 Å².